The van der Waals surface area contributed by atoms with Crippen LogP contribution in [0.3, 0.4) is 0 Å². The van der Waals surface area contributed by atoms with E-state index in [1.165, 1.54) is 0 Å². The van der Waals surface area contributed by atoms with Crippen LogP contribution in [0.4, 0.5) is 0 Å². The summed E-state index contributed by atoms with van der Waals surface area (Å²) < 4.78 is 7.16. The lowest BCUT2D eigenvalue weighted by Crippen LogP contribution is -2.42. The van der Waals surface area contributed by atoms with Crippen LogP contribution in [0.15, 0.2) is 79.1 Å². The van der Waals surface area contributed by atoms with Crippen molar-refractivity contribution in [3.63, 3.8) is 0 Å². The van der Waals surface area contributed by atoms with Gasteiger partial charge in [0.05, 0.1) is 29.9 Å². The fourth-order valence-corrected chi connectivity index (χ4v) is 4.45. The Morgan fingerprint density at radius 3 is 2.73 bits per heavy atom. The lowest BCUT2D eigenvalue weighted by molar-refractivity contribution is 0.278. The van der Waals surface area contributed by atoms with Gasteiger partial charge in [-0.3, -0.25) is 4.79 Å². The number of aliphatic imine (C=N–C) groups is 1. The highest BCUT2D eigenvalue weighted by molar-refractivity contribution is 9.10. The molecule has 0 atom stereocenters. The third-order valence-electron chi connectivity index (χ3n) is 5.42. The second-order valence-electron chi connectivity index (χ2n) is 7.67. The summed E-state index contributed by atoms with van der Waals surface area (Å²) in [6, 6.07) is 15.3. The zero-order chi connectivity index (χ0) is 20.8. The maximum Gasteiger partial charge on any atom is 0.200 e. The van der Waals surface area contributed by atoms with Crippen LogP contribution in [0.25, 0.3) is 22.1 Å². The summed E-state index contributed by atoms with van der Waals surface area (Å²) >= 11 is 3.47. The lowest BCUT2D eigenvalue weighted by Gasteiger charge is -2.33. The molecule has 0 unspecified atom stereocenters. The zero-order valence-corrected chi connectivity index (χ0v) is 18.4. The third kappa shape index (κ3) is 3.19. The highest BCUT2D eigenvalue weighted by Crippen LogP contribution is 2.30. The Balaban J connectivity index is 1.64. The number of rotatable bonds is 3. The molecule has 0 spiro atoms. The van der Waals surface area contributed by atoms with Gasteiger partial charge in [-0.1, -0.05) is 46.3 Å². The van der Waals surface area contributed by atoms with E-state index in [2.05, 4.69) is 36.8 Å². The molecule has 6 nitrogen and oxygen atoms in total. The van der Waals surface area contributed by atoms with Gasteiger partial charge in [-0.25, -0.2) is 4.99 Å². The maximum absolute atomic E-state index is 13.5. The van der Waals surface area contributed by atoms with Gasteiger partial charge in [0.25, 0.3) is 0 Å². The van der Waals surface area contributed by atoms with E-state index in [0.29, 0.717) is 35.5 Å². The van der Waals surface area contributed by atoms with Crippen molar-refractivity contribution in [2.75, 3.05) is 27.4 Å². The Morgan fingerprint density at radius 2 is 1.93 bits per heavy atom. The van der Waals surface area contributed by atoms with Crippen molar-refractivity contribution in [3.05, 3.63) is 80.9 Å². The Labute approximate surface area is 182 Å². The van der Waals surface area contributed by atoms with Gasteiger partial charge in [-0.05, 0) is 23.8 Å². The zero-order valence-electron chi connectivity index (χ0n) is 16.8. The molecule has 0 radical (unpaired) electrons. The van der Waals surface area contributed by atoms with E-state index < -0.39 is 0 Å². The molecule has 5 rings (SSSR count). The number of benzene rings is 2. The molecule has 2 aliphatic rings. The molecule has 0 fully saturated rings. The quantitative estimate of drug-likeness (QED) is 0.584. The van der Waals surface area contributed by atoms with Gasteiger partial charge in [0.15, 0.2) is 5.84 Å². The van der Waals surface area contributed by atoms with E-state index in [1.807, 2.05) is 62.6 Å². The van der Waals surface area contributed by atoms with Gasteiger partial charge in [0.2, 0.25) is 5.43 Å². The molecule has 0 amide bonds. The van der Waals surface area contributed by atoms with Gasteiger partial charge >= 0.3 is 0 Å². The van der Waals surface area contributed by atoms with Crippen LogP contribution in [0.5, 0.6) is 0 Å². The molecular weight excluding hydrogens is 444 g/mol. The number of likely N-dealkylation sites (N-methyl/N-ethyl adjacent to an activating group) is 1. The first-order valence-electron chi connectivity index (χ1n) is 9.75. The van der Waals surface area contributed by atoms with E-state index >= 15 is 0 Å². The average molecular weight is 465 g/mol. The molecule has 30 heavy (non-hydrogen) atoms. The normalized spacial score (nSPS) is 16.0. The highest BCUT2D eigenvalue weighted by atomic mass is 79.9. The van der Waals surface area contributed by atoms with Gasteiger partial charge in [-0.15, -0.1) is 0 Å². The predicted octanol–water partition coefficient (Wildman–Crippen LogP) is 4.07. The summed E-state index contributed by atoms with van der Waals surface area (Å²) in [5, 5.41) is 0.571. The molecule has 0 saturated carbocycles. The van der Waals surface area contributed by atoms with E-state index in [4.69, 9.17) is 9.41 Å². The van der Waals surface area contributed by atoms with Crippen LogP contribution < -0.4 is 5.43 Å². The summed E-state index contributed by atoms with van der Waals surface area (Å²) in [4.78, 5) is 24.6. The van der Waals surface area contributed by atoms with Gasteiger partial charge in [-0.2, -0.15) is 0 Å². The molecule has 2 aromatic carbocycles. The van der Waals surface area contributed by atoms with E-state index in [0.717, 1.165) is 28.2 Å². The van der Waals surface area contributed by atoms with Gasteiger partial charge in [0, 0.05) is 24.8 Å². The summed E-state index contributed by atoms with van der Waals surface area (Å²) in [6.45, 7) is 1.80. The number of hydrogen-bond donors (Lipinski definition) is 0. The topological polar surface area (TPSA) is 52.3 Å². The second-order valence-corrected chi connectivity index (χ2v) is 8.58. The van der Waals surface area contributed by atoms with Crippen molar-refractivity contribution in [2.45, 2.75) is 6.54 Å². The number of nitrogens with zero attached hydrogens (tertiary/aromatic N) is 4. The molecule has 0 saturated heterocycles. The Bertz CT molecular complexity index is 1250. The average Bonchev–Trinajstić information content (AvgIpc) is 3.12. The smallest absolute Gasteiger partial charge is 0.200 e. The Kier molecular flexibility index (Phi) is 4.62. The van der Waals surface area contributed by atoms with Crippen molar-refractivity contribution in [1.29, 1.82) is 0 Å². The standard InChI is InChI=1S/C23H21BrN4O2/c1-26-11-18-23(27(2)14-26)25-13-28(18)12-20-21(15-6-4-3-5-7-15)22(29)17-10-16(24)8-9-19(17)30-20/h3-11H,12-14H2,1-2H3. The summed E-state index contributed by atoms with van der Waals surface area (Å²) in [6.07, 6.45) is 2.10. The first kappa shape index (κ1) is 18.9. The molecule has 2 aliphatic heterocycles. The fourth-order valence-electron chi connectivity index (χ4n) is 4.09. The molecule has 0 aliphatic carbocycles. The van der Waals surface area contributed by atoms with Crippen molar-refractivity contribution < 1.29 is 4.42 Å². The Morgan fingerprint density at radius 1 is 1.13 bits per heavy atom. The minimum absolute atomic E-state index is 0.0223. The number of amidine groups is 1. The first-order chi connectivity index (χ1) is 14.5. The summed E-state index contributed by atoms with van der Waals surface area (Å²) in [5.74, 6) is 1.62. The summed E-state index contributed by atoms with van der Waals surface area (Å²) in [5.41, 5.74) is 3.07. The predicted molar refractivity (Wildman–Crippen MR) is 122 cm³/mol. The van der Waals surface area contributed by atoms with Crippen molar-refractivity contribution in [2.24, 2.45) is 4.99 Å². The number of halogens is 1. The Hall–Kier alpha value is -3.06. The molecule has 7 heteroatoms. The van der Waals surface area contributed by atoms with Gasteiger partial charge < -0.3 is 19.1 Å². The van der Waals surface area contributed by atoms with Gasteiger partial charge in [0.1, 0.15) is 18.0 Å². The molecule has 152 valence electrons. The van der Waals surface area contributed by atoms with Crippen molar-refractivity contribution in [3.8, 4) is 11.1 Å². The molecular formula is C23H21BrN4O2. The molecule has 0 bridgehead atoms. The molecule has 3 aromatic rings. The van der Waals surface area contributed by atoms with Crippen molar-refractivity contribution >= 4 is 32.7 Å². The van der Waals surface area contributed by atoms with Crippen LogP contribution >= 0.6 is 15.9 Å². The maximum atomic E-state index is 13.5. The highest BCUT2D eigenvalue weighted by Gasteiger charge is 2.30. The first-order valence-corrected chi connectivity index (χ1v) is 10.5. The molecule has 0 N–H and O–H groups in total. The van der Waals surface area contributed by atoms with Crippen LogP contribution in [0.2, 0.25) is 0 Å². The van der Waals surface area contributed by atoms with E-state index in [-0.39, 0.29) is 5.43 Å². The lowest BCUT2D eigenvalue weighted by atomic mass is 10.0. The minimum Gasteiger partial charge on any atom is -0.458 e. The second kappa shape index (κ2) is 7.32. The van der Waals surface area contributed by atoms with Crippen LogP contribution in [0, 0.1) is 0 Å². The SMILES string of the molecule is CN1C=C2C(=NCN2Cc2oc3ccc(Br)cc3c(=O)c2-c2ccccc2)N(C)C1. The number of fused-ring (bicyclic) bond motifs is 2. The number of hydrogen-bond acceptors (Lipinski definition) is 6. The van der Waals surface area contributed by atoms with Crippen LogP contribution in [0.1, 0.15) is 5.76 Å². The van der Waals surface area contributed by atoms with Crippen LogP contribution in [-0.4, -0.2) is 48.0 Å². The van der Waals surface area contributed by atoms with Crippen molar-refractivity contribution in [1.82, 2.24) is 14.7 Å². The summed E-state index contributed by atoms with van der Waals surface area (Å²) in [7, 11) is 4.08. The van der Waals surface area contributed by atoms with E-state index in [1.54, 1.807) is 0 Å². The monoisotopic (exact) mass is 464 g/mol. The molecule has 3 heterocycles. The van der Waals surface area contributed by atoms with Crippen LogP contribution in [-0.2, 0) is 6.54 Å². The largest absolute Gasteiger partial charge is 0.458 e. The third-order valence-corrected chi connectivity index (χ3v) is 5.92. The minimum atomic E-state index is -0.0223. The fraction of sp³-hybridized carbons (Fsp3) is 0.217. The van der Waals surface area contributed by atoms with E-state index in [9.17, 15) is 4.79 Å². The molecule has 1 aromatic heterocycles.